The zero-order chi connectivity index (χ0) is 10.1. The average Bonchev–Trinajstić information content (AvgIpc) is 2.30. The van der Waals surface area contributed by atoms with Gasteiger partial charge in [0, 0.05) is 10.9 Å². The van der Waals surface area contributed by atoms with Crippen LogP contribution >= 0.6 is 11.3 Å². The maximum Gasteiger partial charge on any atom is 0.390 e. The minimum absolute atomic E-state index is 0.623. The molecule has 0 aliphatic heterocycles. The topological polar surface area (TPSA) is 26.0 Å². The van der Waals surface area contributed by atoms with Gasteiger partial charge in [-0.25, -0.2) is 0 Å². The molecule has 0 aromatic carbocycles. The first-order valence-electron chi connectivity index (χ1n) is 3.76. The number of thiophene rings is 1. The number of hydrogen-bond donors (Lipinski definition) is 1. The lowest BCUT2D eigenvalue weighted by Crippen LogP contribution is -2.19. The van der Waals surface area contributed by atoms with Crippen LogP contribution in [-0.2, 0) is 0 Å². The smallest absolute Gasteiger partial charge is 0.323 e. The van der Waals surface area contributed by atoms with Crippen LogP contribution in [0.2, 0.25) is 0 Å². The van der Waals surface area contributed by atoms with Crippen LogP contribution in [0.3, 0.4) is 0 Å². The van der Waals surface area contributed by atoms with Crippen LogP contribution in [0.25, 0.3) is 0 Å². The molecule has 0 saturated heterocycles. The summed E-state index contributed by atoms with van der Waals surface area (Å²) in [5.74, 6) is 0. The van der Waals surface area contributed by atoms with Crippen molar-refractivity contribution < 1.29 is 13.2 Å². The Labute approximate surface area is 78.4 Å². The Balaban J connectivity index is 2.69. The van der Waals surface area contributed by atoms with Crippen LogP contribution in [0, 0.1) is 6.92 Å². The van der Waals surface area contributed by atoms with E-state index in [4.69, 9.17) is 5.73 Å². The van der Waals surface area contributed by atoms with E-state index in [9.17, 15) is 13.2 Å². The van der Waals surface area contributed by atoms with E-state index >= 15 is 0 Å². The first kappa shape index (κ1) is 10.5. The highest BCUT2D eigenvalue weighted by atomic mass is 32.1. The van der Waals surface area contributed by atoms with Gasteiger partial charge in [0.05, 0.1) is 6.42 Å². The monoisotopic (exact) mass is 209 g/mol. The Bertz CT molecular complexity index is 279. The standard InChI is InChI=1S/C8H10F3NS/c1-5-2-3-13-7(5)6(12)4-8(9,10)11/h2-3,6H,4,12H2,1H3/t6-/m0/s1. The summed E-state index contributed by atoms with van der Waals surface area (Å²) >= 11 is 1.27. The molecule has 1 aromatic rings. The van der Waals surface area contributed by atoms with Crippen molar-refractivity contribution >= 4 is 11.3 Å². The highest BCUT2D eigenvalue weighted by molar-refractivity contribution is 7.10. The Morgan fingerprint density at radius 2 is 2.15 bits per heavy atom. The van der Waals surface area contributed by atoms with E-state index < -0.39 is 18.6 Å². The highest BCUT2D eigenvalue weighted by Gasteiger charge is 2.31. The minimum Gasteiger partial charge on any atom is -0.323 e. The van der Waals surface area contributed by atoms with E-state index in [0.717, 1.165) is 5.56 Å². The van der Waals surface area contributed by atoms with Gasteiger partial charge in [0.15, 0.2) is 0 Å². The van der Waals surface area contributed by atoms with E-state index in [1.54, 1.807) is 18.4 Å². The summed E-state index contributed by atoms with van der Waals surface area (Å²) in [6, 6.07) is 0.857. The molecule has 1 aromatic heterocycles. The fourth-order valence-corrected chi connectivity index (χ4v) is 2.04. The number of rotatable bonds is 2. The van der Waals surface area contributed by atoms with Crippen molar-refractivity contribution in [3.05, 3.63) is 21.9 Å². The van der Waals surface area contributed by atoms with Gasteiger partial charge < -0.3 is 5.73 Å². The summed E-state index contributed by atoms with van der Waals surface area (Å²) in [6.45, 7) is 1.77. The summed E-state index contributed by atoms with van der Waals surface area (Å²) in [6.07, 6.45) is -5.13. The molecular weight excluding hydrogens is 199 g/mol. The van der Waals surface area contributed by atoms with Crippen LogP contribution in [0.5, 0.6) is 0 Å². The molecule has 2 N–H and O–H groups in total. The molecule has 0 fully saturated rings. The molecule has 0 aliphatic carbocycles. The zero-order valence-electron chi connectivity index (χ0n) is 7.06. The largest absolute Gasteiger partial charge is 0.390 e. The summed E-state index contributed by atoms with van der Waals surface area (Å²) in [4.78, 5) is 0.623. The average molecular weight is 209 g/mol. The van der Waals surface area contributed by atoms with E-state index in [0.29, 0.717) is 4.88 Å². The maximum absolute atomic E-state index is 12.0. The summed E-state index contributed by atoms with van der Waals surface area (Å²) in [5.41, 5.74) is 6.25. The number of nitrogens with two attached hydrogens (primary N) is 1. The van der Waals surface area contributed by atoms with Gasteiger partial charge in [0.1, 0.15) is 0 Å². The first-order valence-corrected chi connectivity index (χ1v) is 4.64. The van der Waals surface area contributed by atoms with Gasteiger partial charge in [-0.2, -0.15) is 13.2 Å². The number of aryl methyl sites for hydroxylation is 1. The van der Waals surface area contributed by atoms with E-state index in [1.165, 1.54) is 11.3 Å². The predicted molar refractivity (Wildman–Crippen MR) is 46.7 cm³/mol. The van der Waals surface area contributed by atoms with Crippen molar-refractivity contribution in [2.24, 2.45) is 5.73 Å². The third-order valence-electron chi connectivity index (χ3n) is 1.69. The predicted octanol–water partition coefficient (Wildman–Crippen LogP) is 3.01. The lowest BCUT2D eigenvalue weighted by Gasteiger charge is -2.13. The molecule has 1 heterocycles. The van der Waals surface area contributed by atoms with E-state index in [2.05, 4.69) is 0 Å². The lowest BCUT2D eigenvalue weighted by molar-refractivity contribution is -0.138. The third kappa shape index (κ3) is 3.00. The lowest BCUT2D eigenvalue weighted by atomic mass is 10.1. The fourth-order valence-electron chi connectivity index (χ4n) is 1.11. The SMILES string of the molecule is Cc1ccsc1[C@@H](N)CC(F)(F)F. The molecule has 0 bridgehead atoms. The molecule has 0 spiro atoms. The fraction of sp³-hybridized carbons (Fsp3) is 0.500. The van der Waals surface area contributed by atoms with Crippen molar-refractivity contribution in [1.82, 2.24) is 0 Å². The van der Waals surface area contributed by atoms with Crippen molar-refractivity contribution in [1.29, 1.82) is 0 Å². The second kappa shape index (κ2) is 3.67. The molecular formula is C8H10F3NS. The van der Waals surface area contributed by atoms with Gasteiger partial charge in [0.2, 0.25) is 0 Å². The molecule has 1 nitrogen and oxygen atoms in total. The Kier molecular flexibility index (Phi) is 2.98. The molecule has 13 heavy (non-hydrogen) atoms. The van der Waals surface area contributed by atoms with Gasteiger partial charge >= 0.3 is 6.18 Å². The number of hydrogen-bond acceptors (Lipinski definition) is 2. The second-order valence-corrected chi connectivity index (χ2v) is 3.84. The van der Waals surface area contributed by atoms with Crippen LogP contribution in [0.4, 0.5) is 13.2 Å². The molecule has 1 atom stereocenters. The quantitative estimate of drug-likeness (QED) is 0.796. The van der Waals surface area contributed by atoms with Gasteiger partial charge in [-0.05, 0) is 23.9 Å². The Hall–Kier alpha value is -0.550. The van der Waals surface area contributed by atoms with Crippen molar-refractivity contribution in [3.8, 4) is 0 Å². The molecule has 5 heteroatoms. The molecule has 1 rings (SSSR count). The van der Waals surface area contributed by atoms with Crippen molar-refractivity contribution in [2.45, 2.75) is 25.6 Å². The van der Waals surface area contributed by atoms with E-state index in [-0.39, 0.29) is 0 Å². The summed E-state index contributed by atoms with van der Waals surface area (Å²) in [7, 11) is 0. The molecule has 74 valence electrons. The van der Waals surface area contributed by atoms with Crippen LogP contribution in [-0.4, -0.2) is 6.18 Å². The summed E-state index contributed by atoms with van der Waals surface area (Å²) in [5, 5.41) is 1.75. The molecule has 0 aliphatic rings. The molecule has 0 radical (unpaired) electrons. The van der Waals surface area contributed by atoms with Gasteiger partial charge in [-0.1, -0.05) is 0 Å². The minimum atomic E-state index is -4.18. The second-order valence-electron chi connectivity index (χ2n) is 2.89. The van der Waals surface area contributed by atoms with Crippen molar-refractivity contribution in [2.75, 3.05) is 0 Å². The zero-order valence-corrected chi connectivity index (χ0v) is 7.88. The normalized spacial score (nSPS) is 14.5. The summed E-state index contributed by atoms with van der Waals surface area (Å²) < 4.78 is 35.9. The molecule has 0 saturated carbocycles. The number of halogens is 3. The Morgan fingerprint density at radius 1 is 1.54 bits per heavy atom. The van der Waals surface area contributed by atoms with Crippen molar-refractivity contribution in [3.63, 3.8) is 0 Å². The van der Waals surface area contributed by atoms with Crippen LogP contribution < -0.4 is 5.73 Å². The Morgan fingerprint density at radius 3 is 2.54 bits per heavy atom. The molecule has 0 amide bonds. The van der Waals surface area contributed by atoms with E-state index in [1.807, 2.05) is 0 Å². The first-order chi connectivity index (χ1) is 5.90. The molecule has 0 unspecified atom stereocenters. The van der Waals surface area contributed by atoms with Gasteiger partial charge in [0.25, 0.3) is 0 Å². The van der Waals surface area contributed by atoms with Gasteiger partial charge in [-0.3, -0.25) is 0 Å². The van der Waals surface area contributed by atoms with Crippen LogP contribution in [0.15, 0.2) is 11.4 Å². The third-order valence-corrected chi connectivity index (χ3v) is 2.84. The van der Waals surface area contributed by atoms with Crippen LogP contribution in [0.1, 0.15) is 22.9 Å². The number of alkyl halides is 3. The van der Waals surface area contributed by atoms with Gasteiger partial charge in [-0.15, -0.1) is 11.3 Å². The maximum atomic E-state index is 12.0. The highest BCUT2D eigenvalue weighted by Crippen LogP contribution is 2.31.